The molecule has 0 saturated carbocycles. The van der Waals surface area contributed by atoms with Gasteiger partial charge < -0.3 is 9.13 Å². The van der Waals surface area contributed by atoms with E-state index in [0.717, 1.165) is 55.3 Å². The molecule has 0 fully saturated rings. The number of benzene rings is 6. The number of hydrogen-bond donors (Lipinski definition) is 0. The fourth-order valence-corrected chi connectivity index (χ4v) is 6.34. The Morgan fingerprint density at radius 2 is 1.02 bits per heavy atom. The van der Waals surface area contributed by atoms with Crippen LogP contribution in [0, 0.1) is 22.7 Å². The van der Waals surface area contributed by atoms with Crippen molar-refractivity contribution in [1.82, 2.24) is 9.13 Å². The third-order valence-electron chi connectivity index (χ3n) is 8.15. The van der Waals surface area contributed by atoms with Gasteiger partial charge in [0.05, 0.1) is 51.0 Å². The lowest BCUT2D eigenvalue weighted by atomic mass is 10.0. The normalized spacial score (nSPS) is 11.3. The van der Waals surface area contributed by atoms with Crippen molar-refractivity contribution in [2.75, 3.05) is 0 Å². The van der Waals surface area contributed by atoms with Gasteiger partial charge in [0, 0.05) is 27.2 Å². The number of rotatable bonds is 3. The lowest BCUT2D eigenvalue weighted by Crippen LogP contribution is -2.01. The molecule has 0 amide bonds. The minimum absolute atomic E-state index is 0.642. The SMILES string of the molecule is N#Cc1cccc(-c2cccc(-n3c4ccccc4c4cccc(-n5c6ccccc6c6cc(C#N)ccc65)c43)c2)c1. The van der Waals surface area contributed by atoms with Crippen LogP contribution in [-0.2, 0) is 0 Å². The average Bonchev–Trinajstić information content (AvgIpc) is 3.57. The molecule has 8 rings (SSSR count). The molecule has 4 heteroatoms. The summed E-state index contributed by atoms with van der Waals surface area (Å²) in [6.07, 6.45) is 0. The summed E-state index contributed by atoms with van der Waals surface area (Å²) in [5, 5.41) is 23.6. The highest BCUT2D eigenvalue weighted by Gasteiger charge is 2.20. The topological polar surface area (TPSA) is 57.4 Å². The van der Waals surface area contributed by atoms with Crippen LogP contribution in [0.4, 0.5) is 0 Å². The molecule has 0 spiro atoms. The Labute approximate surface area is 242 Å². The van der Waals surface area contributed by atoms with Crippen molar-refractivity contribution < 1.29 is 0 Å². The summed E-state index contributed by atoms with van der Waals surface area (Å²) in [7, 11) is 0. The molecule has 0 saturated heterocycles. The van der Waals surface area contributed by atoms with E-state index in [9.17, 15) is 10.5 Å². The Hall–Kier alpha value is -6.10. The molecule has 0 aliphatic carbocycles. The largest absolute Gasteiger partial charge is 0.307 e. The van der Waals surface area contributed by atoms with Crippen LogP contribution >= 0.6 is 0 Å². The Bertz CT molecular complexity index is 2440. The van der Waals surface area contributed by atoms with E-state index >= 15 is 0 Å². The maximum atomic E-state index is 9.64. The van der Waals surface area contributed by atoms with Gasteiger partial charge in [-0.2, -0.15) is 10.5 Å². The van der Waals surface area contributed by atoms with E-state index < -0.39 is 0 Å². The average molecular weight is 535 g/mol. The van der Waals surface area contributed by atoms with Crippen LogP contribution in [-0.4, -0.2) is 9.13 Å². The van der Waals surface area contributed by atoms with Crippen molar-refractivity contribution in [2.24, 2.45) is 0 Å². The molecule has 194 valence electrons. The van der Waals surface area contributed by atoms with Gasteiger partial charge in [0.25, 0.3) is 0 Å². The fourth-order valence-electron chi connectivity index (χ4n) is 6.34. The number of nitrogens with zero attached hydrogens (tertiary/aromatic N) is 4. The van der Waals surface area contributed by atoms with Crippen molar-refractivity contribution >= 4 is 43.6 Å². The monoisotopic (exact) mass is 534 g/mol. The molecule has 6 aromatic carbocycles. The number of hydrogen-bond acceptors (Lipinski definition) is 2. The quantitative estimate of drug-likeness (QED) is 0.227. The third-order valence-corrected chi connectivity index (χ3v) is 8.15. The van der Waals surface area contributed by atoms with E-state index in [2.05, 4.69) is 118 Å². The van der Waals surface area contributed by atoms with Crippen molar-refractivity contribution in [1.29, 1.82) is 10.5 Å². The third kappa shape index (κ3) is 3.47. The van der Waals surface area contributed by atoms with Gasteiger partial charge in [-0.25, -0.2) is 0 Å². The second-order valence-electron chi connectivity index (χ2n) is 10.5. The van der Waals surface area contributed by atoms with Gasteiger partial charge in [0.1, 0.15) is 0 Å². The van der Waals surface area contributed by atoms with Gasteiger partial charge in [0.2, 0.25) is 0 Å². The zero-order valence-corrected chi connectivity index (χ0v) is 22.5. The molecule has 0 radical (unpaired) electrons. The van der Waals surface area contributed by atoms with Crippen LogP contribution in [0.3, 0.4) is 0 Å². The number of fused-ring (bicyclic) bond motifs is 6. The molecule has 4 nitrogen and oxygen atoms in total. The van der Waals surface area contributed by atoms with Gasteiger partial charge >= 0.3 is 0 Å². The predicted octanol–water partition coefficient (Wildman–Crippen LogP) is 9.29. The van der Waals surface area contributed by atoms with Crippen LogP contribution in [0.1, 0.15) is 11.1 Å². The first-order valence-corrected chi connectivity index (χ1v) is 13.8. The Morgan fingerprint density at radius 1 is 0.429 bits per heavy atom. The molecule has 0 atom stereocenters. The molecule has 0 bridgehead atoms. The standard InChI is InChI=1S/C38H22N4/c39-23-25-8-5-9-27(20-25)28-10-6-11-29(22-28)41-34-15-3-1-12-30(34)32-14-7-17-37(38(32)41)42-35-16-4-2-13-31(35)33-21-26(24-40)18-19-36(33)42/h1-22H. The van der Waals surface area contributed by atoms with Crippen molar-refractivity contribution in [3.05, 3.63) is 145 Å². The molecular weight excluding hydrogens is 512 g/mol. The van der Waals surface area contributed by atoms with Gasteiger partial charge in [0.15, 0.2) is 0 Å². The highest BCUT2D eigenvalue weighted by atomic mass is 15.1. The summed E-state index contributed by atoms with van der Waals surface area (Å²) in [6, 6.07) is 50.2. The van der Waals surface area contributed by atoms with Crippen LogP contribution in [0.5, 0.6) is 0 Å². The Morgan fingerprint density at radius 3 is 1.81 bits per heavy atom. The van der Waals surface area contributed by atoms with Gasteiger partial charge in [-0.3, -0.25) is 0 Å². The smallest absolute Gasteiger partial charge is 0.0991 e. The van der Waals surface area contributed by atoms with Crippen molar-refractivity contribution in [3.8, 4) is 34.6 Å². The van der Waals surface area contributed by atoms with Crippen molar-refractivity contribution in [3.63, 3.8) is 0 Å². The summed E-state index contributed by atoms with van der Waals surface area (Å²) in [4.78, 5) is 0. The number of para-hydroxylation sites is 3. The number of aromatic nitrogens is 2. The maximum absolute atomic E-state index is 9.64. The molecular formula is C38H22N4. The summed E-state index contributed by atoms with van der Waals surface area (Å²) in [5.74, 6) is 0. The first-order chi connectivity index (χ1) is 20.7. The van der Waals surface area contributed by atoms with Crippen LogP contribution in [0.2, 0.25) is 0 Å². The van der Waals surface area contributed by atoms with E-state index in [-0.39, 0.29) is 0 Å². The lowest BCUT2D eigenvalue weighted by molar-refractivity contribution is 1.13. The molecule has 42 heavy (non-hydrogen) atoms. The summed E-state index contributed by atoms with van der Waals surface area (Å²) >= 11 is 0. The summed E-state index contributed by atoms with van der Waals surface area (Å²) in [6.45, 7) is 0. The van der Waals surface area contributed by atoms with E-state index in [1.54, 1.807) is 0 Å². The molecule has 2 aromatic heterocycles. The molecule has 2 heterocycles. The van der Waals surface area contributed by atoms with Gasteiger partial charge in [-0.1, -0.05) is 72.8 Å². The zero-order valence-electron chi connectivity index (χ0n) is 22.5. The van der Waals surface area contributed by atoms with E-state index in [0.29, 0.717) is 11.1 Å². The highest BCUT2D eigenvalue weighted by molar-refractivity contribution is 6.15. The highest BCUT2D eigenvalue weighted by Crippen LogP contribution is 2.40. The van der Waals surface area contributed by atoms with Crippen LogP contribution in [0.15, 0.2) is 133 Å². The molecule has 0 aliphatic heterocycles. The maximum Gasteiger partial charge on any atom is 0.0991 e. The molecule has 0 aliphatic rings. The van der Waals surface area contributed by atoms with Gasteiger partial charge in [-0.05, 0) is 71.8 Å². The van der Waals surface area contributed by atoms with E-state index in [1.165, 1.54) is 10.8 Å². The lowest BCUT2D eigenvalue weighted by Gasteiger charge is -2.15. The first kappa shape index (κ1) is 23.8. The minimum atomic E-state index is 0.642. The van der Waals surface area contributed by atoms with Crippen molar-refractivity contribution in [2.45, 2.75) is 0 Å². The first-order valence-electron chi connectivity index (χ1n) is 13.8. The molecule has 0 unspecified atom stereocenters. The summed E-state index contributed by atoms with van der Waals surface area (Å²) in [5.41, 5.74) is 9.83. The predicted molar refractivity (Wildman–Crippen MR) is 170 cm³/mol. The second kappa shape index (κ2) is 9.24. The summed E-state index contributed by atoms with van der Waals surface area (Å²) < 4.78 is 4.67. The molecule has 8 aromatic rings. The number of nitriles is 2. The zero-order chi connectivity index (χ0) is 28.2. The van der Waals surface area contributed by atoms with Crippen LogP contribution in [0.25, 0.3) is 66.1 Å². The van der Waals surface area contributed by atoms with E-state index in [4.69, 9.17) is 0 Å². The fraction of sp³-hybridized carbons (Fsp3) is 0. The second-order valence-corrected chi connectivity index (χ2v) is 10.5. The molecule has 0 N–H and O–H groups in total. The minimum Gasteiger partial charge on any atom is -0.307 e. The Balaban J connectivity index is 1.48. The van der Waals surface area contributed by atoms with Crippen LogP contribution < -0.4 is 0 Å². The van der Waals surface area contributed by atoms with Gasteiger partial charge in [-0.15, -0.1) is 0 Å². The van der Waals surface area contributed by atoms with E-state index in [1.807, 2.05) is 36.4 Å². The Kier molecular flexibility index (Phi) is 5.22.